The molecule has 1 aromatic rings. The lowest BCUT2D eigenvalue weighted by Crippen LogP contribution is -2.25. The van der Waals surface area contributed by atoms with Gasteiger partial charge in [0.1, 0.15) is 5.84 Å². The molecule has 0 fully saturated rings. The molecule has 1 aliphatic heterocycles. The van der Waals surface area contributed by atoms with E-state index in [1.54, 1.807) is 0 Å². The van der Waals surface area contributed by atoms with Crippen LogP contribution in [0.5, 0.6) is 0 Å². The first-order valence-corrected chi connectivity index (χ1v) is 5.42. The van der Waals surface area contributed by atoms with Crippen LogP contribution in [0.25, 0.3) is 0 Å². The predicted molar refractivity (Wildman–Crippen MR) is 62.6 cm³/mol. The maximum atomic E-state index is 11.7. The van der Waals surface area contributed by atoms with E-state index in [2.05, 4.69) is 5.10 Å². The predicted octanol–water partition coefficient (Wildman–Crippen LogP) is 1.64. The van der Waals surface area contributed by atoms with Crippen molar-refractivity contribution in [3.63, 3.8) is 0 Å². The molecule has 1 atom stereocenters. The van der Waals surface area contributed by atoms with E-state index in [-0.39, 0.29) is 18.4 Å². The van der Waals surface area contributed by atoms with Gasteiger partial charge in [-0.05, 0) is 12.0 Å². The number of amides is 1. The third-order valence-electron chi connectivity index (χ3n) is 2.69. The van der Waals surface area contributed by atoms with E-state index in [9.17, 15) is 4.79 Å². The zero-order valence-corrected chi connectivity index (χ0v) is 9.26. The van der Waals surface area contributed by atoms with Crippen LogP contribution < -0.4 is 5.73 Å². The molecule has 1 aliphatic rings. The fourth-order valence-corrected chi connectivity index (χ4v) is 1.93. The second kappa shape index (κ2) is 4.35. The molecule has 1 aromatic carbocycles. The van der Waals surface area contributed by atoms with Gasteiger partial charge in [-0.15, -0.1) is 0 Å². The molecule has 0 bridgehead atoms. The van der Waals surface area contributed by atoms with E-state index >= 15 is 0 Å². The molecule has 1 unspecified atom stereocenters. The molecule has 1 amide bonds. The minimum absolute atomic E-state index is 0.00486. The summed E-state index contributed by atoms with van der Waals surface area (Å²) in [5.41, 5.74) is 6.67. The van der Waals surface area contributed by atoms with Crippen LogP contribution in [-0.4, -0.2) is 16.8 Å². The van der Waals surface area contributed by atoms with Crippen molar-refractivity contribution in [1.82, 2.24) is 5.01 Å². The molecule has 4 nitrogen and oxygen atoms in total. The van der Waals surface area contributed by atoms with Crippen LogP contribution in [0.3, 0.4) is 0 Å². The smallest absolute Gasteiger partial charge is 0.250 e. The number of carbonyl (C=O) groups excluding carboxylic acids is 1. The Morgan fingerprint density at radius 2 is 2.12 bits per heavy atom. The summed E-state index contributed by atoms with van der Waals surface area (Å²) < 4.78 is 0. The Hall–Kier alpha value is -1.84. The van der Waals surface area contributed by atoms with Gasteiger partial charge >= 0.3 is 0 Å². The van der Waals surface area contributed by atoms with Crippen LogP contribution in [0.15, 0.2) is 35.4 Å². The van der Waals surface area contributed by atoms with Crippen molar-refractivity contribution >= 4 is 11.7 Å². The Bertz CT molecular complexity index is 414. The number of carbonyl (C=O) groups is 1. The molecule has 2 rings (SSSR count). The van der Waals surface area contributed by atoms with Crippen molar-refractivity contribution in [2.45, 2.75) is 25.8 Å². The highest BCUT2D eigenvalue weighted by molar-refractivity contribution is 6.03. The Morgan fingerprint density at radius 1 is 1.44 bits per heavy atom. The van der Waals surface area contributed by atoms with E-state index in [1.165, 1.54) is 5.01 Å². The zero-order chi connectivity index (χ0) is 11.5. The number of amidine groups is 1. The van der Waals surface area contributed by atoms with Crippen molar-refractivity contribution in [2.75, 3.05) is 0 Å². The fraction of sp³-hybridized carbons (Fsp3) is 0.333. The number of nitrogens with two attached hydrogens (primary N) is 1. The Balaban J connectivity index is 2.27. The molecule has 4 heteroatoms. The summed E-state index contributed by atoms with van der Waals surface area (Å²) in [5, 5.41) is 5.60. The fourth-order valence-electron chi connectivity index (χ4n) is 1.93. The van der Waals surface area contributed by atoms with E-state index in [1.807, 2.05) is 37.3 Å². The lowest BCUT2D eigenvalue weighted by Gasteiger charge is -2.23. The summed E-state index contributed by atoms with van der Waals surface area (Å²) in [6.45, 7) is 2.04. The van der Waals surface area contributed by atoms with Crippen LogP contribution in [0.4, 0.5) is 0 Å². The summed E-state index contributed by atoms with van der Waals surface area (Å²) in [4.78, 5) is 11.7. The Kier molecular flexibility index (Phi) is 2.90. The minimum atomic E-state index is -0.0202. The molecular formula is C12H15N3O. The molecule has 0 saturated heterocycles. The SMILES string of the molecule is CCC(c1ccccc1)N1N=C(N)CC1=O. The van der Waals surface area contributed by atoms with Crippen molar-refractivity contribution in [3.8, 4) is 0 Å². The molecule has 84 valence electrons. The molecular weight excluding hydrogens is 202 g/mol. The average molecular weight is 217 g/mol. The summed E-state index contributed by atoms with van der Waals surface area (Å²) >= 11 is 0. The highest BCUT2D eigenvalue weighted by Gasteiger charge is 2.28. The van der Waals surface area contributed by atoms with Crippen LogP contribution >= 0.6 is 0 Å². The number of hydrazone groups is 1. The van der Waals surface area contributed by atoms with Gasteiger partial charge in [0, 0.05) is 0 Å². The van der Waals surface area contributed by atoms with Gasteiger partial charge in [-0.2, -0.15) is 5.10 Å². The lowest BCUT2D eigenvalue weighted by atomic mass is 10.0. The van der Waals surface area contributed by atoms with E-state index in [0.29, 0.717) is 5.84 Å². The summed E-state index contributed by atoms with van der Waals surface area (Å²) in [5.74, 6) is 0.382. The summed E-state index contributed by atoms with van der Waals surface area (Å²) in [6.07, 6.45) is 1.07. The van der Waals surface area contributed by atoms with Gasteiger partial charge in [-0.3, -0.25) is 4.79 Å². The van der Waals surface area contributed by atoms with Gasteiger partial charge in [-0.1, -0.05) is 37.3 Å². The number of rotatable bonds is 3. The molecule has 1 heterocycles. The number of hydrogen-bond donors (Lipinski definition) is 1. The highest BCUT2D eigenvalue weighted by Crippen LogP contribution is 2.27. The van der Waals surface area contributed by atoms with E-state index in [0.717, 1.165) is 12.0 Å². The number of benzene rings is 1. The van der Waals surface area contributed by atoms with Gasteiger partial charge in [0.25, 0.3) is 5.91 Å². The largest absolute Gasteiger partial charge is 0.385 e. The molecule has 16 heavy (non-hydrogen) atoms. The monoisotopic (exact) mass is 217 g/mol. The van der Waals surface area contributed by atoms with Crippen molar-refractivity contribution in [3.05, 3.63) is 35.9 Å². The first kappa shape index (κ1) is 10.7. The third kappa shape index (κ3) is 1.91. The first-order chi connectivity index (χ1) is 7.72. The molecule has 0 saturated carbocycles. The van der Waals surface area contributed by atoms with Crippen LogP contribution in [0.2, 0.25) is 0 Å². The van der Waals surface area contributed by atoms with E-state index in [4.69, 9.17) is 5.73 Å². The van der Waals surface area contributed by atoms with E-state index < -0.39 is 0 Å². The second-order valence-electron chi connectivity index (χ2n) is 3.84. The van der Waals surface area contributed by atoms with Gasteiger partial charge in [-0.25, -0.2) is 5.01 Å². The molecule has 2 N–H and O–H groups in total. The van der Waals surface area contributed by atoms with Crippen LogP contribution in [0, 0.1) is 0 Å². The van der Waals surface area contributed by atoms with Crippen molar-refractivity contribution in [2.24, 2.45) is 10.8 Å². The van der Waals surface area contributed by atoms with Gasteiger partial charge in [0.05, 0.1) is 12.5 Å². The maximum absolute atomic E-state index is 11.7. The molecule has 0 radical (unpaired) electrons. The zero-order valence-electron chi connectivity index (χ0n) is 9.26. The van der Waals surface area contributed by atoms with Gasteiger partial charge < -0.3 is 5.73 Å². The number of nitrogens with zero attached hydrogens (tertiary/aromatic N) is 2. The topological polar surface area (TPSA) is 58.7 Å². The first-order valence-electron chi connectivity index (χ1n) is 5.42. The van der Waals surface area contributed by atoms with Crippen LogP contribution in [-0.2, 0) is 4.79 Å². The number of hydrogen-bond acceptors (Lipinski definition) is 3. The standard InChI is InChI=1S/C12H15N3O/c1-2-10(9-6-4-3-5-7-9)15-12(16)8-11(13)14-15/h3-7,10H,2,8H2,1H3,(H2,13,14). The molecule has 0 spiro atoms. The Labute approximate surface area is 94.7 Å². The quantitative estimate of drug-likeness (QED) is 0.836. The third-order valence-corrected chi connectivity index (χ3v) is 2.69. The van der Waals surface area contributed by atoms with Crippen molar-refractivity contribution < 1.29 is 4.79 Å². The van der Waals surface area contributed by atoms with Crippen LogP contribution in [0.1, 0.15) is 31.4 Å². The lowest BCUT2D eigenvalue weighted by molar-refractivity contribution is -0.131. The average Bonchev–Trinajstić information content (AvgIpc) is 2.61. The minimum Gasteiger partial charge on any atom is -0.385 e. The Morgan fingerprint density at radius 3 is 2.62 bits per heavy atom. The summed E-state index contributed by atoms with van der Waals surface area (Å²) in [7, 11) is 0. The molecule has 0 aromatic heterocycles. The normalized spacial score (nSPS) is 17.4. The summed E-state index contributed by atoms with van der Waals surface area (Å²) in [6, 6.07) is 9.89. The maximum Gasteiger partial charge on any atom is 0.250 e. The van der Waals surface area contributed by atoms with Crippen molar-refractivity contribution in [1.29, 1.82) is 0 Å². The van der Waals surface area contributed by atoms with Gasteiger partial charge in [0.15, 0.2) is 0 Å². The van der Waals surface area contributed by atoms with Gasteiger partial charge in [0.2, 0.25) is 0 Å². The molecule has 0 aliphatic carbocycles. The second-order valence-corrected chi connectivity index (χ2v) is 3.84. The highest BCUT2D eigenvalue weighted by atomic mass is 16.2.